The highest BCUT2D eigenvalue weighted by molar-refractivity contribution is 5.54. The van der Waals surface area contributed by atoms with E-state index in [1.165, 1.54) is 0 Å². The first-order chi connectivity index (χ1) is 10.8. The zero-order chi connectivity index (χ0) is 16.6. The van der Waals surface area contributed by atoms with Crippen molar-refractivity contribution in [3.63, 3.8) is 0 Å². The molecule has 1 aromatic carbocycles. The van der Waals surface area contributed by atoms with Crippen LogP contribution < -0.4 is 5.32 Å². The largest absolute Gasteiger partial charge is 0.416 e. The van der Waals surface area contributed by atoms with Gasteiger partial charge in [0.15, 0.2) is 5.82 Å². The van der Waals surface area contributed by atoms with Crippen molar-refractivity contribution in [3.05, 3.63) is 35.4 Å². The lowest BCUT2D eigenvalue weighted by Gasteiger charge is -2.30. The maximum Gasteiger partial charge on any atom is 0.416 e. The van der Waals surface area contributed by atoms with Gasteiger partial charge in [0, 0.05) is 25.2 Å². The molecule has 1 N–H and O–H groups in total. The van der Waals surface area contributed by atoms with Crippen molar-refractivity contribution in [2.24, 2.45) is 0 Å². The average Bonchev–Trinajstić information content (AvgIpc) is 2.96. The van der Waals surface area contributed by atoms with Gasteiger partial charge in [-0.1, -0.05) is 5.16 Å². The van der Waals surface area contributed by atoms with Gasteiger partial charge >= 0.3 is 6.18 Å². The Balaban J connectivity index is 1.92. The standard InChI is InChI=1S/C14H14F4N4O/c1-22-3-2-19-7-11(22)12-20-13(23-21-12)8-4-9(14(16,17)18)6-10(15)5-8/h4-6,11,19H,2-3,7H2,1H3. The summed E-state index contributed by atoms with van der Waals surface area (Å²) in [6.07, 6.45) is -4.65. The van der Waals surface area contributed by atoms with Crippen molar-refractivity contribution >= 4 is 0 Å². The third kappa shape index (κ3) is 3.35. The molecule has 1 atom stereocenters. The van der Waals surface area contributed by atoms with E-state index in [2.05, 4.69) is 15.5 Å². The fraction of sp³-hybridized carbons (Fsp3) is 0.429. The van der Waals surface area contributed by atoms with Crippen molar-refractivity contribution in [2.45, 2.75) is 12.2 Å². The Kier molecular flexibility index (Phi) is 4.07. The molecule has 0 radical (unpaired) electrons. The number of benzene rings is 1. The normalized spacial score (nSPS) is 20.0. The first-order valence-corrected chi connectivity index (χ1v) is 6.97. The van der Waals surface area contributed by atoms with Gasteiger partial charge in [-0.3, -0.25) is 4.90 Å². The highest BCUT2D eigenvalue weighted by Gasteiger charge is 2.32. The van der Waals surface area contributed by atoms with Crippen LogP contribution in [0.5, 0.6) is 0 Å². The minimum absolute atomic E-state index is 0.0949. The van der Waals surface area contributed by atoms with Gasteiger partial charge in [-0.25, -0.2) is 4.39 Å². The van der Waals surface area contributed by atoms with Crippen LogP contribution in [0.15, 0.2) is 22.7 Å². The smallest absolute Gasteiger partial charge is 0.334 e. The van der Waals surface area contributed by atoms with E-state index in [0.717, 1.165) is 25.2 Å². The Morgan fingerprint density at radius 2 is 2.09 bits per heavy atom. The summed E-state index contributed by atoms with van der Waals surface area (Å²) in [5.41, 5.74) is -1.19. The van der Waals surface area contributed by atoms with Crippen LogP contribution in [0.1, 0.15) is 17.4 Å². The van der Waals surface area contributed by atoms with E-state index in [1.807, 2.05) is 11.9 Å². The second kappa shape index (κ2) is 5.89. The lowest BCUT2D eigenvalue weighted by molar-refractivity contribution is -0.137. The molecule has 124 valence electrons. The fourth-order valence-corrected chi connectivity index (χ4v) is 2.46. The van der Waals surface area contributed by atoms with Crippen molar-refractivity contribution in [2.75, 3.05) is 26.7 Å². The number of piperazine rings is 1. The van der Waals surface area contributed by atoms with Gasteiger partial charge in [0.25, 0.3) is 5.89 Å². The van der Waals surface area contributed by atoms with Crippen molar-refractivity contribution in [1.82, 2.24) is 20.4 Å². The summed E-state index contributed by atoms with van der Waals surface area (Å²) in [7, 11) is 1.89. The van der Waals surface area contributed by atoms with Gasteiger partial charge in [0.2, 0.25) is 0 Å². The molecule has 2 aromatic rings. The predicted molar refractivity (Wildman–Crippen MR) is 72.9 cm³/mol. The summed E-state index contributed by atoms with van der Waals surface area (Å²) in [6.45, 7) is 2.22. The van der Waals surface area contributed by atoms with E-state index in [4.69, 9.17) is 4.52 Å². The second-order valence-corrected chi connectivity index (χ2v) is 5.38. The van der Waals surface area contributed by atoms with E-state index < -0.39 is 17.6 Å². The molecule has 0 saturated carbocycles. The van der Waals surface area contributed by atoms with Gasteiger partial charge < -0.3 is 9.84 Å². The van der Waals surface area contributed by atoms with Crippen LogP contribution in [0.4, 0.5) is 17.6 Å². The monoisotopic (exact) mass is 330 g/mol. The van der Waals surface area contributed by atoms with Crippen LogP contribution >= 0.6 is 0 Å². The Hall–Kier alpha value is -2.00. The summed E-state index contributed by atoms with van der Waals surface area (Å²) in [6, 6.07) is 2.02. The summed E-state index contributed by atoms with van der Waals surface area (Å²) in [5, 5.41) is 7.00. The first-order valence-electron chi connectivity index (χ1n) is 6.97. The molecule has 1 aromatic heterocycles. The maximum atomic E-state index is 13.5. The van der Waals surface area contributed by atoms with E-state index in [0.29, 0.717) is 18.4 Å². The summed E-state index contributed by atoms with van der Waals surface area (Å²) >= 11 is 0. The van der Waals surface area contributed by atoms with Crippen LogP contribution in [0.25, 0.3) is 11.5 Å². The van der Waals surface area contributed by atoms with Crippen LogP contribution in [-0.2, 0) is 6.18 Å². The zero-order valence-electron chi connectivity index (χ0n) is 12.2. The molecule has 1 aliphatic rings. The molecule has 1 unspecified atom stereocenters. The number of hydrogen-bond donors (Lipinski definition) is 1. The molecule has 9 heteroatoms. The van der Waals surface area contributed by atoms with Gasteiger partial charge in [0.05, 0.1) is 11.6 Å². The topological polar surface area (TPSA) is 54.2 Å². The molecule has 0 amide bonds. The highest BCUT2D eigenvalue weighted by atomic mass is 19.4. The van der Waals surface area contributed by atoms with Crippen molar-refractivity contribution in [3.8, 4) is 11.5 Å². The predicted octanol–water partition coefficient (Wildman–Crippen LogP) is 2.47. The molecular formula is C14H14F4N4O. The molecule has 0 spiro atoms. The molecule has 23 heavy (non-hydrogen) atoms. The zero-order valence-corrected chi connectivity index (χ0v) is 12.2. The highest BCUT2D eigenvalue weighted by Crippen LogP contribution is 2.33. The molecule has 3 rings (SSSR count). The summed E-state index contributed by atoms with van der Waals surface area (Å²) in [4.78, 5) is 6.14. The fourth-order valence-electron chi connectivity index (χ4n) is 2.46. The second-order valence-electron chi connectivity index (χ2n) is 5.38. The van der Waals surface area contributed by atoms with E-state index in [-0.39, 0.29) is 17.5 Å². The number of alkyl halides is 3. The third-order valence-electron chi connectivity index (χ3n) is 3.72. The maximum absolute atomic E-state index is 13.5. The van der Waals surface area contributed by atoms with Crippen LogP contribution in [0.3, 0.4) is 0 Å². The summed E-state index contributed by atoms with van der Waals surface area (Å²) < 4.78 is 56.8. The molecule has 0 aliphatic carbocycles. The van der Waals surface area contributed by atoms with Crippen molar-refractivity contribution in [1.29, 1.82) is 0 Å². The minimum atomic E-state index is -4.65. The molecule has 1 saturated heterocycles. The van der Waals surface area contributed by atoms with Crippen LogP contribution in [0.2, 0.25) is 0 Å². The number of nitrogens with one attached hydrogen (secondary N) is 1. The first kappa shape index (κ1) is 15.9. The number of likely N-dealkylation sites (N-methyl/N-ethyl adjacent to an activating group) is 1. The SMILES string of the molecule is CN1CCNCC1c1noc(-c2cc(F)cc(C(F)(F)F)c2)n1. The van der Waals surface area contributed by atoms with Crippen LogP contribution in [0, 0.1) is 5.82 Å². The molecule has 0 bridgehead atoms. The van der Waals surface area contributed by atoms with Crippen LogP contribution in [-0.4, -0.2) is 41.7 Å². The minimum Gasteiger partial charge on any atom is -0.334 e. The quantitative estimate of drug-likeness (QED) is 0.858. The number of hydrogen-bond acceptors (Lipinski definition) is 5. The van der Waals surface area contributed by atoms with E-state index in [1.54, 1.807) is 0 Å². The number of rotatable bonds is 2. The third-order valence-corrected chi connectivity index (χ3v) is 3.72. The molecule has 1 fully saturated rings. The van der Waals surface area contributed by atoms with Gasteiger partial charge in [-0.2, -0.15) is 18.2 Å². The van der Waals surface area contributed by atoms with Gasteiger partial charge in [-0.05, 0) is 25.2 Å². The Bertz CT molecular complexity index is 700. The lowest BCUT2D eigenvalue weighted by atomic mass is 10.1. The summed E-state index contributed by atoms with van der Waals surface area (Å²) in [5.74, 6) is -0.789. The lowest BCUT2D eigenvalue weighted by Crippen LogP contribution is -2.44. The molecule has 2 heterocycles. The molecular weight excluding hydrogens is 316 g/mol. The Labute approximate surface area is 129 Å². The van der Waals surface area contributed by atoms with E-state index in [9.17, 15) is 17.6 Å². The number of halogens is 4. The molecule has 1 aliphatic heterocycles. The Morgan fingerprint density at radius 3 is 2.78 bits per heavy atom. The molecule has 5 nitrogen and oxygen atoms in total. The Morgan fingerprint density at radius 1 is 1.30 bits per heavy atom. The van der Waals surface area contributed by atoms with Crippen molar-refractivity contribution < 1.29 is 22.1 Å². The number of aromatic nitrogens is 2. The van der Waals surface area contributed by atoms with Gasteiger partial charge in [0.1, 0.15) is 5.82 Å². The number of nitrogens with zero attached hydrogens (tertiary/aromatic N) is 3. The van der Waals surface area contributed by atoms with Gasteiger partial charge in [-0.15, -0.1) is 0 Å². The average molecular weight is 330 g/mol. The van der Waals surface area contributed by atoms with E-state index >= 15 is 0 Å².